The minimum Gasteiger partial charge on any atom is -0.493 e. The van der Waals surface area contributed by atoms with Gasteiger partial charge in [0.05, 0.1) is 19.6 Å². The van der Waals surface area contributed by atoms with Crippen molar-refractivity contribution in [2.75, 3.05) is 20.3 Å². The summed E-state index contributed by atoms with van der Waals surface area (Å²) in [5.74, 6) is 0.722. The average Bonchev–Trinajstić information content (AvgIpc) is 2.44. The van der Waals surface area contributed by atoms with Crippen LogP contribution in [0.4, 0.5) is 0 Å². The van der Waals surface area contributed by atoms with Crippen LogP contribution in [0.1, 0.15) is 12.0 Å². The van der Waals surface area contributed by atoms with E-state index in [1.807, 2.05) is 12.1 Å². The molecule has 0 fully saturated rings. The SMILES string of the molecule is COc1cccc(CN)c1OCC(=O)NCCC#N. The summed E-state index contributed by atoms with van der Waals surface area (Å²) < 4.78 is 10.6. The highest BCUT2D eigenvalue weighted by atomic mass is 16.5. The quantitative estimate of drug-likeness (QED) is 0.701. The molecule has 1 amide bonds. The molecule has 19 heavy (non-hydrogen) atoms. The molecule has 0 aliphatic carbocycles. The van der Waals surface area contributed by atoms with E-state index in [-0.39, 0.29) is 18.9 Å². The van der Waals surface area contributed by atoms with Crippen molar-refractivity contribution in [2.24, 2.45) is 5.73 Å². The third kappa shape index (κ3) is 4.48. The number of methoxy groups -OCH3 is 1. The van der Waals surface area contributed by atoms with Crippen molar-refractivity contribution >= 4 is 5.91 Å². The van der Waals surface area contributed by atoms with Crippen molar-refractivity contribution in [3.63, 3.8) is 0 Å². The van der Waals surface area contributed by atoms with Crippen LogP contribution < -0.4 is 20.5 Å². The zero-order valence-corrected chi connectivity index (χ0v) is 10.8. The number of amides is 1. The normalized spacial score (nSPS) is 9.53. The second-order valence-electron chi connectivity index (χ2n) is 3.70. The first-order chi connectivity index (χ1) is 9.22. The first-order valence-electron chi connectivity index (χ1n) is 5.85. The maximum absolute atomic E-state index is 11.5. The molecule has 0 aromatic heterocycles. The number of carbonyl (C=O) groups excluding carboxylic acids is 1. The van der Waals surface area contributed by atoms with Gasteiger partial charge in [0.15, 0.2) is 18.1 Å². The third-order valence-corrected chi connectivity index (χ3v) is 2.41. The fraction of sp³-hybridized carbons (Fsp3) is 0.385. The summed E-state index contributed by atoms with van der Waals surface area (Å²) in [4.78, 5) is 11.5. The molecule has 1 aromatic rings. The van der Waals surface area contributed by atoms with E-state index in [0.29, 0.717) is 24.6 Å². The number of nitrogens with zero attached hydrogens (tertiary/aromatic N) is 1. The van der Waals surface area contributed by atoms with Gasteiger partial charge in [-0.2, -0.15) is 5.26 Å². The maximum atomic E-state index is 11.5. The lowest BCUT2D eigenvalue weighted by atomic mass is 10.2. The van der Waals surface area contributed by atoms with Crippen molar-refractivity contribution in [3.05, 3.63) is 23.8 Å². The lowest BCUT2D eigenvalue weighted by molar-refractivity contribution is -0.123. The molecule has 0 radical (unpaired) electrons. The molecule has 102 valence electrons. The maximum Gasteiger partial charge on any atom is 0.257 e. The molecule has 6 nitrogen and oxygen atoms in total. The van der Waals surface area contributed by atoms with Gasteiger partial charge < -0.3 is 20.5 Å². The van der Waals surface area contributed by atoms with Gasteiger partial charge in [-0.05, 0) is 6.07 Å². The summed E-state index contributed by atoms with van der Waals surface area (Å²) in [5, 5.41) is 10.9. The van der Waals surface area contributed by atoms with Gasteiger partial charge >= 0.3 is 0 Å². The first-order valence-corrected chi connectivity index (χ1v) is 5.85. The van der Waals surface area contributed by atoms with Gasteiger partial charge in [-0.3, -0.25) is 4.79 Å². The van der Waals surface area contributed by atoms with Crippen LogP contribution >= 0.6 is 0 Å². The Hall–Kier alpha value is -2.26. The smallest absolute Gasteiger partial charge is 0.257 e. The third-order valence-electron chi connectivity index (χ3n) is 2.41. The Morgan fingerprint density at radius 1 is 1.53 bits per heavy atom. The zero-order valence-electron chi connectivity index (χ0n) is 10.8. The van der Waals surface area contributed by atoms with Crippen LogP contribution in [-0.4, -0.2) is 26.2 Å². The summed E-state index contributed by atoms with van der Waals surface area (Å²) in [7, 11) is 1.52. The number of hydrogen-bond donors (Lipinski definition) is 2. The number of hydrogen-bond acceptors (Lipinski definition) is 5. The molecule has 1 rings (SSSR count). The van der Waals surface area contributed by atoms with Crippen molar-refractivity contribution in [2.45, 2.75) is 13.0 Å². The fourth-order valence-corrected chi connectivity index (χ4v) is 1.49. The van der Waals surface area contributed by atoms with Crippen LogP contribution in [0.25, 0.3) is 0 Å². The lowest BCUT2D eigenvalue weighted by Gasteiger charge is -2.13. The Kier molecular flexibility index (Phi) is 6.19. The van der Waals surface area contributed by atoms with Gasteiger partial charge in [0.1, 0.15) is 0 Å². The van der Waals surface area contributed by atoms with E-state index >= 15 is 0 Å². The Bertz CT molecular complexity index is 446. The molecular formula is C13H17N3O3. The summed E-state index contributed by atoms with van der Waals surface area (Å²) in [5.41, 5.74) is 6.37. The predicted octanol–water partition coefficient (Wildman–Crippen LogP) is 0.563. The number of carbonyl (C=O) groups is 1. The number of nitrogens with two attached hydrogens (primary N) is 1. The number of rotatable bonds is 7. The molecule has 0 aliphatic rings. The summed E-state index contributed by atoms with van der Waals surface area (Å²) in [6, 6.07) is 7.30. The van der Waals surface area contributed by atoms with Gasteiger partial charge in [-0.25, -0.2) is 0 Å². The monoisotopic (exact) mass is 263 g/mol. The number of para-hydroxylation sites is 1. The fourth-order valence-electron chi connectivity index (χ4n) is 1.49. The Morgan fingerprint density at radius 2 is 2.32 bits per heavy atom. The molecule has 0 spiro atoms. The molecule has 0 saturated carbocycles. The van der Waals surface area contributed by atoms with Crippen molar-refractivity contribution in [1.82, 2.24) is 5.32 Å². The van der Waals surface area contributed by atoms with Crippen molar-refractivity contribution in [1.29, 1.82) is 5.26 Å². The topological polar surface area (TPSA) is 97.4 Å². The minimum atomic E-state index is -0.288. The largest absolute Gasteiger partial charge is 0.493 e. The molecule has 6 heteroatoms. The van der Waals surface area contributed by atoms with Crippen molar-refractivity contribution in [3.8, 4) is 17.6 Å². The molecular weight excluding hydrogens is 246 g/mol. The highest BCUT2D eigenvalue weighted by Gasteiger charge is 2.11. The summed E-state index contributed by atoms with van der Waals surface area (Å²) in [6.07, 6.45) is 0.272. The van der Waals surface area contributed by atoms with Gasteiger partial charge in [0.25, 0.3) is 5.91 Å². The van der Waals surface area contributed by atoms with E-state index in [1.165, 1.54) is 7.11 Å². The molecule has 0 bridgehead atoms. The molecule has 0 unspecified atom stereocenters. The number of benzene rings is 1. The van der Waals surface area contributed by atoms with Crippen LogP contribution in [0.5, 0.6) is 11.5 Å². The van der Waals surface area contributed by atoms with Crippen LogP contribution in [0, 0.1) is 11.3 Å². The first kappa shape index (κ1) is 14.8. The van der Waals surface area contributed by atoms with E-state index in [4.69, 9.17) is 20.5 Å². The van der Waals surface area contributed by atoms with Gasteiger partial charge in [0, 0.05) is 18.7 Å². The molecule has 0 aliphatic heterocycles. The second kappa shape index (κ2) is 7.95. The highest BCUT2D eigenvalue weighted by molar-refractivity contribution is 5.77. The van der Waals surface area contributed by atoms with Crippen molar-refractivity contribution < 1.29 is 14.3 Å². The van der Waals surface area contributed by atoms with Gasteiger partial charge in [-0.15, -0.1) is 0 Å². The van der Waals surface area contributed by atoms with Gasteiger partial charge in [0.2, 0.25) is 0 Å². The Morgan fingerprint density at radius 3 is 2.95 bits per heavy atom. The standard InChI is InChI=1S/C13H17N3O3/c1-18-11-5-2-4-10(8-15)13(11)19-9-12(17)16-7-3-6-14/h2,4-5H,3,7-9,15H2,1H3,(H,16,17). The summed E-state index contributed by atoms with van der Waals surface area (Å²) >= 11 is 0. The number of nitriles is 1. The molecule has 0 saturated heterocycles. The van der Waals surface area contributed by atoms with Gasteiger partial charge in [-0.1, -0.05) is 12.1 Å². The number of ether oxygens (including phenoxy) is 2. The Balaban J connectivity index is 2.61. The van der Waals surface area contributed by atoms with Crippen LogP contribution in [0.3, 0.4) is 0 Å². The molecule has 3 N–H and O–H groups in total. The van der Waals surface area contributed by atoms with E-state index in [9.17, 15) is 4.79 Å². The lowest BCUT2D eigenvalue weighted by Crippen LogP contribution is -2.29. The Labute approximate surface area is 112 Å². The average molecular weight is 263 g/mol. The van der Waals surface area contributed by atoms with E-state index in [2.05, 4.69) is 5.32 Å². The predicted molar refractivity (Wildman–Crippen MR) is 69.6 cm³/mol. The minimum absolute atomic E-state index is 0.140. The number of nitrogens with one attached hydrogen (secondary N) is 1. The van der Waals surface area contributed by atoms with Crippen LogP contribution in [-0.2, 0) is 11.3 Å². The van der Waals surface area contributed by atoms with E-state index < -0.39 is 0 Å². The highest BCUT2D eigenvalue weighted by Crippen LogP contribution is 2.30. The second-order valence-corrected chi connectivity index (χ2v) is 3.70. The zero-order chi connectivity index (χ0) is 14.1. The molecule has 1 aromatic carbocycles. The summed E-state index contributed by atoms with van der Waals surface area (Å²) in [6.45, 7) is 0.468. The molecule has 0 atom stereocenters. The van der Waals surface area contributed by atoms with Crippen LogP contribution in [0.2, 0.25) is 0 Å². The van der Waals surface area contributed by atoms with E-state index in [1.54, 1.807) is 12.1 Å². The molecule has 0 heterocycles. The van der Waals surface area contributed by atoms with Crippen LogP contribution in [0.15, 0.2) is 18.2 Å². The van der Waals surface area contributed by atoms with E-state index in [0.717, 1.165) is 5.56 Å².